The molecule has 0 fully saturated rings. The molecule has 4 heteroatoms. The van der Waals surface area contributed by atoms with Crippen LogP contribution in [0.15, 0.2) is 18.2 Å². The molecule has 0 saturated heterocycles. The first kappa shape index (κ1) is 11.9. The van der Waals surface area contributed by atoms with Crippen molar-refractivity contribution in [1.29, 1.82) is 0 Å². The van der Waals surface area contributed by atoms with Crippen LogP contribution in [-0.4, -0.2) is 27.4 Å². The molecule has 0 unspecified atom stereocenters. The summed E-state index contributed by atoms with van der Waals surface area (Å²) in [6.07, 6.45) is 0. The van der Waals surface area contributed by atoms with Gasteiger partial charge in [-0.1, -0.05) is 0 Å². The molecule has 0 saturated carbocycles. The molecular weight excluding hydrogens is 197 g/mol. The van der Waals surface area contributed by atoms with Gasteiger partial charge in [-0.25, -0.2) is 4.39 Å². The van der Waals surface area contributed by atoms with Crippen LogP contribution in [0.1, 0.15) is 5.56 Å². The second-order valence-electron chi connectivity index (χ2n) is 3.17. The van der Waals surface area contributed by atoms with Crippen molar-refractivity contribution in [3.8, 4) is 5.75 Å². The van der Waals surface area contributed by atoms with Crippen LogP contribution in [-0.2, 0) is 11.3 Å². The Hall–Kier alpha value is -1.13. The summed E-state index contributed by atoms with van der Waals surface area (Å²) in [5, 5.41) is 3.13. The molecule has 84 valence electrons. The first-order valence-corrected chi connectivity index (χ1v) is 4.79. The molecule has 0 amide bonds. The summed E-state index contributed by atoms with van der Waals surface area (Å²) < 4.78 is 22.9. The van der Waals surface area contributed by atoms with Gasteiger partial charge in [0.25, 0.3) is 0 Å². The van der Waals surface area contributed by atoms with Crippen LogP contribution < -0.4 is 10.1 Å². The molecule has 1 aromatic carbocycles. The molecule has 0 bridgehead atoms. The quantitative estimate of drug-likeness (QED) is 0.728. The van der Waals surface area contributed by atoms with Crippen molar-refractivity contribution in [3.63, 3.8) is 0 Å². The monoisotopic (exact) mass is 213 g/mol. The first-order chi connectivity index (χ1) is 7.26. The molecule has 0 atom stereocenters. The summed E-state index contributed by atoms with van der Waals surface area (Å²) >= 11 is 0. The third kappa shape index (κ3) is 4.27. The van der Waals surface area contributed by atoms with E-state index in [1.165, 1.54) is 19.2 Å². The maximum Gasteiger partial charge on any atom is 0.127 e. The highest BCUT2D eigenvalue weighted by Gasteiger charge is 2.00. The average molecular weight is 213 g/mol. The number of hydrogen-bond donors (Lipinski definition) is 1. The predicted octanol–water partition coefficient (Wildman–Crippen LogP) is 1.57. The standard InChI is InChI=1S/C11H16FNO2/c1-14-4-3-13-8-9-5-10(12)7-11(6-9)15-2/h5-7,13H,3-4,8H2,1-2H3. The van der Waals surface area contributed by atoms with E-state index in [0.29, 0.717) is 18.9 Å². The smallest absolute Gasteiger partial charge is 0.127 e. The lowest BCUT2D eigenvalue weighted by atomic mass is 10.2. The summed E-state index contributed by atoms with van der Waals surface area (Å²) in [6.45, 7) is 2.00. The summed E-state index contributed by atoms with van der Waals surface area (Å²) in [4.78, 5) is 0. The van der Waals surface area contributed by atoms with E-state index in [2.05, 4.69) is 5.32 Å². The molecule has 0 aromatic heterocycles. The number of benzene rings is 1. The SMILES string of the molecule is COCCNCc1cc(F)cc(OC)c1. The normalized spacial score (nSPS) is 10.3. The summed E-state index contributed by atoms with van der Waals surface area (Å²) in [7, 11) is 3.17. The van der Waals surface area contributed by atoms with E-state index in [1.807, 2.05) is 6.07 Å². The van der Waals surface area contributed by atoms with Crippen LogP contribution in [0.4, 0.5) is 4.39 Å². The van der Waals surface area contributed by atoms with Gasteiger partial charge >= 0.3 is 0 Å². The second kappa shape index (κ2) is 6.37. The fraction of sp³-hybridized carbons (Fsp3) is 0.455. The van der Waals surface area contributed by atoms with E-state index in [4.69, 9.17) is 9.47 Å². The molecule has 1 aromatic rings. The topological polar surface area (TPSA) is 30.5 Å². The van der Waals surface area contributed by atoms with Crippen molar-refractivity contribution >= 4 is 0 Å². The Balaban J connectivity index is 2.49. The van der Waals surface area contributed by atoms with Crippen molar-refractivity contribution in [2.75, 3.05) is 27.4 Å². The highest BCUT2D eigenvalue weighted by Crippen LogP contribution is 2.15. The molecule has 0 spiro atoms. The van der Waals surface area contributed by atoms with Crippen LogP contribution >= 0.6 is 0 Å². The Morgan fingerprint density at radius 1 is 1.27 bits per heavy atom. The highest BCUT2D eigenvalue weighted by molar-refractivity contribution is 5.29. The Kier molecular flexibility index (Phi) is 5.07. The maximum absolute atomic E-state index is 13.1. The fourth-order valence-electron chi connectivity index (χ4n) is 1.25. The van der Waals surface area contributed by atoms with Gasteiger partial charge in [0.1, 0.15) is 11.6 Å². The van der Waals surface area contributed by atoms with Crippen molar-refractivity contribution in [2.24, 2.45) is 0 Å². The molecule has 0 aliphatic heterocycles. The zero-order valence-corrected chi connectivity index (χ0v) is 9.05. The third-order valence-electron chi connectivity index (χ3n) is 1.98. The van der Waals surface area contributed by atoms with Gasteiger partial charge in [0.2, 0.25) is 0 Å². The fourth-order valence-corrected chi connectivity index (χ4v) is 1.25. The predicted molar refractivity (Wildman–Crippen MR) is 56.5 cm³/mol. The zero-order chi connectivity index (χ0) is 11.1. The number of hydrogen-bond acceptors (Lipinski definition) is 3. The minimum Gasteiger partial charge on any atom is -0.497 e. The van der Waals surface area contributed by atoms with Crippen LogP contribution in [0.3, 0.4) is 0 Å². The molecule has 0 heterocycles. The van der Waals surface area contributed by atoms with Gasteiger partial charge in [-0.2, -0.15) is 0 Å². The average Bonchev–Trinajstić information content (AvgIpc) is 2.23. The maximum atomic E-state index is 13.1. The largest absolute Gasteiger partial charge is 0.497 e. The highest BCUT2D eigenvalue weighted by atomic mass is 19.1. The lowest BCUT2D eigenvalue weighted by Gasteiger charge is -2.06. The zero-order valence-electron chi connectivity index (χ0n) is 9.05. The molecule has 15 heavy (non-hydrogen) atoms. The van der Waals surface area contributed by atoms with E-state index in [-0.39, 0.29) is 5.82 Å². The molecule has 0 aliphatic rings. The van der Waals surface area contributed by atoms with Gasteiger partial charge in [0.15, 0.2) is 0 Å². The van der Waals surface area contributed by atoms with Crippen molar-refractivity contribution < 1.29 is 13.9 Å². The van der Waals surface area contributed by atoms with Gasteiger partial charge in [0.05, 0.1) is 13.7 Å². The van der Waals surface area contributed by atoms with E-state index in [9.17, 15) is 4.39 Å². The van der Waals surface area contributed by atoms with Gasteiger partial charge in [0, 0.05) is 26.3 Å². The van der Waals surface area contributed by atoms with Crippen LogP contribution in [0.5, 0.6) is 5.75 Å². The molecule has 0 aliphatic carbocycles. The Labute approximate surface area is 89.2 Å². The number of ether oxygens (including phenoxy) is 2. The Morgan fingerprint density at radius 3 is 2.73 bits per heavy atom. The Morgan fingerprint density at radius 2 is 2.07 bits per heavy atom. The van der Waals surface area contributed by atoms with E-state index >= 15 is 0 Å². The minimum absolute atomic E-state index is 0.280. The molecule has 3 nitrogen and oxygen atoms in total. The number of halogens is 1. The second-order valence-corrected chi connectivity index (χ2v) is 3.17. The lowest BCUT2D eigenvalue weighted by Crippen LogP contribution is -2.18. The van der Waals surface area contributed by atoms with Gasteiger partial charge in [-0.3, -0.25) is 0 Å². The minimum atomic E-state index is -0.280. The van der Waals surface area contributed by atoms with Crippen LogP contribution in [0, 0.1) is 5.82 Å². The summed E-state index contributed by atoms with van der Waals surface area (Å²) in [5.74, 6) is 0.261. The van der Waals surface area contributed by atoms with Gasteiger partial charge < -0.3 is 14.8 Å². The third-order valence-corrected chi connectivity index (χ3v) is 1.98. The Bertz CT molecular complexity index is 305. The van der Waals surface area contributed by atoms with Crippen LogP contribution in [0.25, 0.3) is 0 Å². The van der Waals surface area contributed by atoms with Crippen LogP contribution in [0.2, 0.25) is 0 Å². The lowest BCUT2D eigenvalue weighted by molar-refractivity contribution is 0.199. The number of rotatable bonds is 6. The van der Waals surface area contributed by atoms with E-state index < -0.39 is 0 Å². The molecule has 0 radical (unpaired) electrons. The van der Waals surface area contributed by atoms with Crippen molar-refractivity contribution in [1.82, 2.24) is 5.32 Å². The van der Waals surface area contributed by atoms with Crippen molar-refractivity contribution in [2.45, 2.75) is 6.54 Å². The summed E-state index contributed by atoms with van der Waals surface area (Å²) in [5.41, 5.74) is 0.864. The number of nitrogens with one attached hydrogen (secondary N) is 1. The molecule has 1 N–H and O–H groups in total. The van der Waals surface area contributed by atoms with Gasteiger partial charge in [-0.05, 0) is 17.7 Å². The molecular formula is C11H16FNO2. The first-order valence-electron chi connectivity index (χ1n) is 4.79. The summed E-state index contributed by atoms with van der Waals surface area (Å²) in [6, 6.07) is 4.66. The van der Waals surface area contributed by atoms with E-state index in [1.54, 1.807) is 7.11 Å². The van der Waals surface area contributed by atoms with Gasteiger partial charge in [-0.15, -0.1) is 0 Å². The van der Waals surface area contributed by atoms with E-state index in [0.717, 1.165) is 12.1 Å². The molecule has 1 rings (SSSR count). The number of methoxy groups -OCH3 is 2. The van der Waals surface area contributed by atoms with Crippen molar-refractivity contribution in [3.05, 3.63) is 29.6 Å².